The fraction of sp³-hybridized carbons (Fsp3) is 0.556. The highest BCUT2D eigenvalue weighted by Gasteiger charge is 2.27. The van der Waals surface area contributed by atoms with Crippen molar-refractivity contribution in [3.63, 3.8) is 0 Å². The summed E-state index contributed by atoms with van der Waals surface area (Å²) in [5.74, 6) is -0.165. The monoisotopic (exact) mass is 346 g/mol. The highest BCUT2D eigenvalue weighted by Crippen LogP contribution is 2.17. The molecule has 3 N–H and O–H groups in total. The number of amides is 3. The Balaban J connectivity index is 1.59. The van der Waals surface area contributed by atoms with Gasteiger partial charge in [0.1, 0.15) is 6.04 Å². The molecular weight excluding hydrogens is 320 g/mol. The summed E-state index contributed by atoms with van der Waals surface area (Å²) in [5.41, 5.74) is 2.30. The van der Waals surface area contributed by atoms with Crippen LogP contribution in [0.5, 0.6) is 0 Å². The third-order valence-corrected chi connectivity index (χ3v) is 4.55. The third kappa shape index (κ3) is 4.70. The van der Waals surface area contributed by atoms with Crippen LogP contribution in [0.2, 0.25) is 0 Å². The van der Waals surface area contributed by atoms with Gasteiger partial charge in [0.05, 0.1) is 12.2 Å². The smallest absolute Gasteiger partial charge is 0.315 e. The highest BCUT2D eigenvalue weighted by atomic mass is 16.5. The van der Waals surface area contributed by atoms with Crippen molar-refractivity contribution in [2.45, 2.75) is 45.2 Å². The summed E-state index contributed by atoms with van der Waals surface area (Å²) in [7, 11) is 0. The van der Waals surface area contributed by atoms with E-state index in [1.807, 2.05) is 18.2 Å². The quantitative estimate of drug-likeness (QED) is 0.729. The molecule has 0 aliphatic carbocycles. The Morgan fingerprint density at radius 3 is 2.56 bits per heavy atom. The van der Waals surface area contributed by atoms with Crippen LogP contribution in [0.15, 0.2) is 24.3 Å². The maximum Gasteiger partial charge on any atom is 0.315 e. The van der Waals surface area contributed by atoms with Crippen LogP contribution in [-0.2, 0) is 22.6 Å². The molecule has 2 aliphatic heterocycles. The normalized spacial score (nSPS) is 26.8. The summed E-state index contributed by atoms with van der Waals surface area (Å²) in [5, 5.41) is 8.11. The molecule has 25 heavy (non-hydrogen) atoms. The number of morpholine rings is 1. The lowest BCUT2D eigenvalue weighted by Gasteiger charge is -2.35. The number of benzene rings is 1. The lowest BCUT2D eigenvalue weighted by molar-refractivity contribution is -0.122. The minimum atomic E-state index is -0.499. The van der Waals surface area contributed by atoms with Gasteiger partial charge in [-0.2, -0.15) is 0 Å². The molecule has 2 heterocycles. The topological polar surface area (TPSA) is 82.7 Å². The molecule has 2 fully saturated rings. The van der Waals surface area contributed by atoms with Crippen molar-refractivity contribution in [3.8, 4) is 0 Å². The van der Waals surface area contributed by atoms with Crippen LogP contribution in [-0.4, -0.2) is 54.7 Å². The molecule has 3 atom stereocenters. The molecule has 1 aromatic rings. The van der Waals surface area contributed by atoms with E-state index in [0.29, 0.717) is 13.1 Å². The Kier molecular flexibility index (Phi) is 5.55. The number of carbonyl (C=O) groups excluding carboxylic acids is 2. The lowest BCUT2D eigenvalue weighted by Crippen LogP contribution is -2.45. The zero-order chi connectivity index (χ0) is 17.8. The fourth-order valence-corrected chi connectivity index (χ4v) is 3.46. The summed E-state index contributed by atoms with van der Waals surface area (Å²) < 4.78 is 5.79. The van der Waals surface area contributed by atoms with Gasteiger partial charge in [0, 0.05) is 32.7 Å². The molecule has 1 aromatic carbocycles. The number of urea groups is 1. The van der Waals surface area contributed by atoms with Gasteiger partial charge in [-0.1, -0.05) is 24.3 Å². The van der Waals surface area contributed by atoms with E-state index in [9.17, 15) is 9.59 Å². The molecule has 3 amide bonds. The van der Waals surface area contributed by atoms with Crippen molar-refractivity contribution in [2.75, 3.05) is 19.6 Å². The van der Waals surface area contributed by atoms with Gasteiger partial charge in [0.15, 0.2) is 0 Å². The van der Waals surface area contributed by atoms with Crippen molar-refractivity contribution in [2.24, 2.45) is 0 Å². The molecule has 2 saturated heterocycles. The van der Waals surface area contributed by atoms with Gasteiger partial charge in [0.25, 0.3) is 0 Å². The van der Waals surface area contributed by atoms with E-state index in [1.165, 1.54) is 5.56 Å². The summed E-state index contributed by atoms with van der Waals surface area (Å²) in [4.78, 5) is 25.7. The van der Waals surface area contributed by atoms with Gasteiger partial charge in [0.2, 0.25) is 5.91 Å². The van der Waals surface area contributed by atoms with E-state index < -0.39 is 6.04 Å². The average molecular weight is 346 g/mol. The van der Waals surface area contributed by atoms with Crippen molar-refractivity contribution < 1.29 is 14.3 Å². The minimum absolute atomic E-state index is 0.165. The second kappa shape index (κ2) is 7.84. The molecule has 7 heteroatoms. The standard InChI is InChI=1S/C18H26N4O3/c1-12-9-22(10-13(2)25-12)11-15-6-4-3-5-14(15)7-19-17(23)16-8-20-18(24)21-16/h3-6,12-13,16H,7-11H2,1-2H3,(H,19,23)(H2,20,21,24)/t12-,13+,16-/m0/s1. The van der Waals surface area contributed by atoms with E-state index in [2.05, 4.69) is 40.8 Å². The van der Waals surface area contributed by atoms with Crippen LogP contribution in [0.25, 0.3) is 0 Å². The number of hydrogen-bond acceptors (Lipinski definition) is 4. The Hall–Kier alpha value is -2.12. The zero-order valence-electron chi connectivity index (χ0n) is 14.7. The zero-order valence-corrected chi connectivity index (χ0v) is 14.7. The fourth-order valence-electron chi connectivity index (χ4n) is 3.46. The number of nitrogens with one attached hydrogen (secondary N) is 3. The van der Waals surface area contributed by atoms with Crippen LogP contribution in [0.3, 0.4) is 0 Å². The van der Waals surface area contributed by atoms with Crippen LogP contribution >= 0.6 is 0 Å². The number of hydrogen-bond donors (Lipinski definition) is 3. The Morgan fingerprint density at radius 2 is 1.92 bits per heavy atom. The number of ether oxygens (including phenoxy) is 1. The van der Waals surface area contributed by atoms with Crippen LogP contribution in [0.1, 0.15) is 25.0 Å². The van der Waals surface area contributed by atoms with Crippen molar-refractivity contribution >= 4 is 11.9 Å². The van der Waals surface area contributed by atoms with Crippen LogP contribution < -0.4 is 16.0 Å². The van der Waals surface area contributed by atoms with Crippen molar-refractivity contribution in [1.29, 1.82) is 0 Å². The third-order valence-electron chi connectivity index (χ3n) is 4.55. The van der Waals surface area contributed by atoms with E-state index in [-0.39, 0.29) is 24.1 Å². The largest absolute Gasteiger partial charge is 0.373 e. The lowest BCUT2D eigenvalue weighted by atomic mass is 10.1. The number of carbonyl (C=O) groups is 2. The van der Waals surface area contributed by atoms with E-state index in [4.69, 9.17) is 4.74 Å². The van der Waals surface area contributed by atoms with Gasteiger partial charge in [-0.25, -0.2) is 4.79 Å². The first-order valence-corrected chi connectivity index (χ1v) is 8.78. The van der Waals surface area contributed by atoms with Gasteiger partial charge in [-0.15, -0.1) is 0 Å². The van der Waals surface area contributed by atoms with Crippen molar-refractivity contribution in [3.05, 3.63) is 35.4 Å². The predicted molar refractivity (Wildman–Crippen MR) is 93.9 cm³/mol. The summed E-state index contributed by atoms with van der Waals surface area (Å²) >= 11 is 0. The first kappa shape index (κ1) is 17.7. The SMILES string of the molecule is C[C@@H]1CN(Cc2ccccc2CNC(=O)[C@@H]2CNC(=O)N2)C[C@H](C)O1. The molecule has 0 spiro atoms. The van der Waals surface area contributed by atoms with Gasteiger partial charge >= 0.3 is 6.03 Å². The first-order chi connectivity index (χ1) is 12.0. The summed E-state index contributed by atoms with van der Waals surface area (Å²) in [6, 6.07) is 7.35. The summed E-state index contributed by atoms with van der Waals surface area (Å²) in [6.45, 7) is 7.63. The maximum atomic E-state index is 12.2. The number of nitrogens with zero attached hydrogens (tertiary/aromatic N) is 1. The van der Waals surface area contributed by atoms with Crippen molar-refractivity contribution in [1.82, 2.24) is 20.9 Å². The molecule has 0 saturated carbocycles. The minimum Gasteiger partial charge on any atom is -0.373 e. The number of rotatable bonds is 5. The molecule has 0 radical (unpaired) electrons. The molecule has 7 nitrogen and oxygen atoms in total. The van der Waals surface area contributed by atoms with Gasteiger partial charge < -0.3 is 20.7 Å². The second-order valence-electron chi connectivity index (χ2n) is 6.84. The molecule has 2 aliphatic rings. The molecule has 0 bridgehead atoms. The second-order valence-corrected chi connectivity index (χ2v) is 6.84. The maximum absolute atomic E-state index is 12.2. The van der Waals surface area contributed by atoms with Crippen LogP contribution in [0, 0.1) is 0 Å². The Labute approximate surface area is 148 Å². The molecule has 136 valence electrons. The summed E-state index contributed by atoms with van der Waals surface area (Å²) in [6.07, 6.45) is 0.461. The van der Waals surface area contributed by atoms with E-state index in [1.54, 1.807) is 0 Å². The first-order valence-electron chi connectivity index (χ1n) is 8.78. The Morgan fingerprint density at radius 1 is 1.24 bits per heavy atom. The predicted octanol–water partition coefficient (Wildman–Crippen LogP) is 0.593. The van der Waals surface area contributed by atoms with Crippen LogP contribution in [0.4, 0.5) is 4.79 Å². The average Bonchev–Trinajstić information content (AvgIpc) is 2.99. The van der Waals surface area contributed by atoms with Gasteiger partial charge in [-0.3, -0.25) is 9.69 Å². The molecule has 3 rings (SSSR count). The molecule has 0 unspecified atom stereocenters. The van der Waals surface area contributed by atoms with E-state index >= 15 is 0 Å². The Bertz CT molecular complexity index is 627. The molecule has 0 aromatic heterocycles. The van der Waals surface area contributed by atoms with E-state index in [0.717, 1.165) is 25.2 Å². The van der Waals surface area contributed by atoms with Gasteiger partial charge in [-0.05, 0) is 25.0 Å². The molecular formula is C18H26N4O3. The highest BCUT2D eigenvalue weighted by molar-refractivity contribution is 5.90.